The summed E-state index contributed by atoms with van der Waals surface area (Å²) in [4.78, 5) is 4.35. The van der Waals surface area contributed by atoms with Gasteiger partial charge in [-0.05, 0) is 30.9 Å². The highest BCUT2D eigenvalue weighted by Gasteiger charge is 2.24. The van der Waals surface area contributed by atoms with E-state index in [0.29, 0.717) is 6.42 Å². The van der Waals surface area contributed by atoms with Gasteiger partial charge in [0.2, 0.25) is 0 Å². The van der Waals surface area contributed by atoms with Crippen molar-refractivity contribution in [3.05, 3.63) is 47.5 Å². The molecule has 0 bridgehead atoms. The van der Waals surface area contributed by atoms with Crippen LogP contribution in [-0.2, 0) is 24.9 Å². The second kappa shape index (κ2) is 6.18. The van der Waals surface area contributed by atoms with Gasteiger partial charge in [-0.3, -0.25) is 4.68 Å². The molecular weight excluding hydrogens is 248 g/mol. The van der Waals surface area contributed by atoms with Gasteiger partial charge in [0.15, 0.2) is 0 Å². The lowest BCUT2D eigenvalue weighted by molar-refractivity contribution is 0.451. The Morgan fingerprint density at radius 3 is 2.50 bits per heavy atom. The second-order valence-corrected chi connectivity index (χ2v) is 5.54. The Morgan fingerprint density at radius 1 is 1.20 bits per heavy atom. The van der Waals surface area contributed by atoms with Gasteiger partial charge >= 0.3 is 0 Å². The molecule has 4 nitrogen and oxygen atoms in total. The topological polar surface area (TPSA) is 56.7 Å². The molecule has 20 heavy (non-hydrogen) atoms. The summed E-state index contributed by atoms with van der Waals surface area (Å²) in [6.07, 6.45) is 4.40. The summed E-state index contributed by atoms with van der Waals surface area (Å²) in [6, 6.07) is 8.55. The Hall–Kier alpha value is -1.68. The fourth-order valence-electron chi connectivity index (χ4n) is 2.38. The van der Waals surface area contributed by atoms with Crippen LogP contribution in [0.3, 0.4) is 0 Å². The first-order valence-corrected chi connectivity index (χ1v) is 7.31. The molecule has 1 heterocycles. The highest BCUT2D eigenvalue weighted by molar-refractivity contribution is 5.28. The van der Waals surface area contributed by atoms with Gasteiger partial charge in [-0.25, -0.2) is 4.98 Å². The van der Waals surface area contributed by atoms with Crippen LogP contribution in [0.15, 0.2) is 30.6 Å². The van der Waals surface area contributed by atoms with Crippen molar-refractivity contribution in [1.82, 2.24) is 14.8 Å². The quantitative estimate of drug-likeness (QED) is 0.879. The summed E-state index contributed by atoms with van der Waals surface area (Å²) in [5, 5.41) is 4.26. The van der Waals surface area contributed by atoms with E-state index in [1.807, 2.05) is 4.68 Å². The van der Waals surface area contributed by atoms with Crippen LogP contribution < -0.4 is 5.73 Å². The van der Waals surface area contributed by atoms with E-state index in [9.17, 15) is 0 Å². The third-order valence-electron chi connectivity index (χ3n) is 3.68. The molecule has 2 aromatic rings. The number of aryl methyl sites for hydroxylation is 2. The molecule has 1 unspecified atom stereocenters. The molecule has 4 heteroatoms. The smallest absolute Gasteiger partial charge is 0.138 e. The third-order valence-corrected chi connectivity index (χ3v) is 3.68. The predicted octanol–water partition coefficient (Wildman–Crippen LogP) is 2.67. The maximum absolute atomic E-state index is 6.50. The van der Waals surface area contributed by atoms with Gasteiger partial charge < -0.3 is 5.73 Å². The lowest BCUT2D eigenvalue weighted by Gasteiger charge is -2.25. The van der Waals surface area contributed by atoms with Crippen LogP contribution in [0.4, 0.5) is 0 Å². The Labute approximate surface area is 121 Å². The molecular formula is C16H24N4. The van der Waals surface area contributed by atoms with Gasteiger partial charge in [0, 0.05) is 18.5 Å². The van der Waals surface area contributed by atoms with Crippen molar-refractivity contribution < 1.29 is 0 Å². The van der Waals surface area contributed by atoms with Crippen LogP contribution in [0.5, 0.6) is 0 Å². The van der Waals surface area contributed by atoms with Gasteiger partial charge in [-0.1, -0.05) is 38.1 Å². The summed E-state index contributed by atoms with van der Waals surface area (Å²) in [5.74, 6) is 0.955. The summed E-state index contributed by atoms with van der Waals surface area (Å²) < 4.78 is 1.95. The lowest BCUT2D eigenvalue weighted by atomic mass is 9.88. The minimum absolute atomic E-state index is 0.426. The van der Waals surface area contributed by atoms with Crippen molar-refractivity contribution in [3.8, 4) is 0 Å². The zero-order valence-electron chi connectivity index (χ0n) is 12.6. The summed E-state index contributed by atoms with van der Waals surface area (Å²) >= 11 is 0. The Kier molecular flexibility index (Phi) is 4.55. The number of benzene rings is 1. The molecule has 108 valence electrons. The number of rotatable bonds is 6. The van der Waals surface area contributed by atoms with Crippen LogP contribution >= 0.6 is 0 Å². The van der Waals surface area contributed by atoms with Crippen LogP contribution in [0.2, 0.25) is 0 Å². The fraction of sp³-hybridized carbons (Fsp3) is 0.500. The fourth-order valence-corrected chi connectivity index (χ4v) is 2.38. The summed E-state index contributed by atoms with van der Waals surface area (Å²) in [6.45, 7) is 7.24. The van der Waals surface area contributed by atoms with Crippen LogP contribution in [0, 0.1) is 0 Å². The zero-order chi connectivity index (χ0) is 14.6. The highest BCUT2D eigenvalue weighted by atomic mass is 15.3. The molecule has 0 radical (unpaired) electrons. The van der Waals surface area contributed by atoms with Crippen LogP contribution in [-0.4, -0.2) is 14.8 Å². The molecule has 0 saturated carbocycles. The molecule has 0 aliphatic heterocycles. The van der Waals surface area contributed by atoms with Gasteiger partial charge in [-0.15, -0.1) is 0 Å². The minimum atomic E-state index is -0.426. The van der Waals surface area contributed by atoms with Crippen molar-refractivity contribution in [2.24, 2.45) is 5.73 Å². The zero-order valence-corrected chi connectivity index (χ0v) is 12.6. The number of hydrogen-bond acceptors (Lipinski definition) is 3. The van der Waals surface area contributed by atoms with E-state index in [0.717, 1.165) is 30.8 Å². The van der Waals surface area contributed by atoms with E-state index in [2.05, 4.69) is 55.1 Å². The first-order valence-electron chi connectivity index (χ1n) is 7.31. The first-order chi connectivity index (χ1) is 9.56. The molecule has 0 fully saturated rings. The van der Waals surface area contributed by atoms with E-state index >= 15 is 0 Å². The molecule has 0 aliphatic carbocycles. The molecule has 2 rings (SSSR count). The van der Waals surface area contributed by atoms with Crippen LogP contribution in [0.25, 0.3) is 0 Å². The van der Waals surface area contributed by atoms with E-state index in [4.69, 9.17) is 5.73 Å². The number of hydrogen-bond donors (Lipinski definition) is 1. The maximum atomic E-state index is 6.50. The second-order valence-electron chi connectivity index (χ2n) is 5.54. The standard InChI is InChI=1S/C16H24N4/c1-4-10-20-15(18-12-19-20)11-16(3,17)14-8-6-13(5-2)7-9-14/h6-9,12H,4-5,10-11,17H2,1-3H3. The van der Waals surface area contributed by atoms with E-state index in [1.165, 1.54) is 5.56 Å². The SMILES string of the molecule is CCCn1ncnc1CC(C)(N)c1ccc(CC)cc1. The average molecular weight is 272 g/mol. The summed E-state index contributed by atoms with van der Waals surface area (Å²) in [7, 11) is 0. The van der Waals surface area contributed by atoms with Crippen molar-refractivity contribution in [2.75, 3.05) is 0 Å². The third kappa shape index (κ3) is 3.25. The van der Waals surface area contributed by atoms with Gasteiger partial charge in [0.05, 0.1) is 0 Å². The molecule has 0 aliphatic rings. The molecule has 1 aromatic heterocycles. The lowest BCUT2D eigenvalue weighted by Crippen LogP contribution is -2.36. The molecule has 1 aromatic carbocycles. The Balaban J connectivity index is 2.18. The summed E-state index contributed by atoms with van der Waals surface area (Å²) in [5.41, 5.74) is 8.55. The Bertz CT molecular complexity index is 540. The number of nitrogens with two attached hydrogens (primary N) is 1. The normalized spacial score (nSPS) is 14.2. The van der Waals surface area contributed by atoms with E-state index < -0.39 is 5.54 Å². The van der Waals surface area contributed by atoms with Crippen molar-refractivity contribution in [1.29, 1.82) is 0 Å². The monoisotopic (exact) mass is 272 g/mol. The highest BCUT2D eigenvalue weighted by Crippen LogP contribution is 2.22. The van der Waals surface area contributed by atoms with Gasteiger partial charge in [0.1, 0.15) is 12.2 Å². The van der Waals surface area contributed by atoms with Crippen LogP contribution in [0.1, 0.15) is 44.1 Å². The van der Waals surface area contributed by atoms with E-state index in [1.54, 1.807) is 6.33 Å². The largest absolute Gasteiger partial charge is 0.321 e. The maximum Gasteiger partial charge on any atom is 0.138 e. The molecule has 0 saturated heterocycles. The number of aromatic nitrogens is 3. The Morgan fingerprint density at radius 2 is 1.90 bits per heavy atom. The molecule has 0 spiro atoms. The molecule has 2 N–H and O–H groups in total. The van der Waals surface area contributed by atoms with Crippen molar-refractivity contribution in [2.45, 2.75) is 52.1 Å². The molecule has 1 atom stereocenters. The van der Waals surface area contributed by atoms with E-state index in [-0.39, 0.29) is 0 Å². The van der Waals surface area contributed by atoms with Gasteiger partial charge in [-0.2, -0.15) is 5.10 Å². The minimum Gasteiger partial charge on any atom is -0.321 e. The number of nitrogens with zero attached hydrogens (tertiary/aromatic N) is 3. The van der Waals surface area contributed by atoms with Gasteiger partial charge in [0.25, 0.3) is 0 Å². The van der Waals surface area contributed by atoms with Crippen molar-refractivity contribution >= 4 is 0 Å². The molecule has 0 amide bonds. The van der Waals surface area contributed by atoms with Crippen molar-refractivity contribution in [3.63, 3.8) is 0 Å². The first kappa shape index (κ1) is 14.7. The average Bonchev–Trinajstić information content (AvgIpc) is 2.86. The predicted molar refractivity (Wildman–Crippen MR) is 81.4 cm³/mol.